The highest BCUT2D eigenvalue weighted by Crippen LogP contribution is 2.18. The second kappa shape index (κ2) is 48.3. The SMILES string of the molecule is CCCCCCCCCCCCCCCCCCCCCCCCCCCCCCC(O)C(O)C(CO)NC(=O)C(O)CCCCCCCCCCCCCCCCC. The van der Waals surface area contributed by atoms with Crippen molar-refractivity contribution < 1.29 is 25.2 Å². The number of carbonyl (C=O) groups is 1. The largest absolute Gasteiger partial charge is 0.394 e. The summed E-state index contributed by atoms with van der Waals surface area (Å²) in [6, 6.07) is -0.980. The molecule has 0 saturated carbocycles. The normalized spacial score (nSPS) is 13.8. The van der Waals surface area contributed by atoms with Gasteiger partial charge in [-0.2, -0.15) is 0 Å². The lowest BCUT2D eigenvalue weighted by atomic mass is 9.99. The van der Waals surface area contributed by atoms with Crippen molar-refractivity contribution in [2.75, 3.05) is 6.61 Å². The van der Waals surface area contributed by atoms with E-state index in [1.54, 1.807) is 0 Å². The van der Waals surface area contributed by atoms with E-state index in [2.05, 4.69) is 19.2 Å². The molecule has 0 heterocycles. The summed E-state index contributed by atoms with van der Waals surface area (Å²) in [6.45, 7) is 4.09. The predicted molar refractivity (Wildman–Crippen MR) is 256 cm³/mol. The Bertz CT molecular complexity index is 811. The highest BCUT2D eigenvalue weighted by molar-refractivity contribution is 5.80. The summed E-state index contributed by atoms with van der Waals surface area (Å²) in [7, 11) is 0. The standard InChI is InChI=1S/C53H107NO5/c1-3-5-7-9-11-13-15-17-19-20-21-22-23-24-25-26-27-28-29-30-31-33-34-36-38-40-42-44-46-50(56)52(58)49(48-55)54-53(59)51(57)47-45-43-41-39-37-35-32-18-16-14-12-10-8-6-4-2/h49-52,55-58H,3-48H2,1-2H3,(H,54,59). The molecule has 59 heavy (non-hydrogen) atoms. The fourth-order valence-corrected chi connectivity index (χ4v) is 8.82. The Hall–Kier alpha value is -0.690. The first kappa shape index (κ1) is 58.3. The monoisotopic (exact) mass is 838 g/mol. The van der Waals surface area contributed by atoms with Crippen LogP contribution in [-0.4, -0.2) is 57.3 Å². The Morgan fingerprint density at radius 2 is 0.576 bits per heavy atom. The molecule has 0 aromatic carbocycles. The molecular formula is C53H107NO5. The van der Waals surface area contributed by atoms with Crippen molar-refractivity contribution in [2.45, 2.75) is 327 Å². The Kier molecular flexibility index (Phi) is 47.8. The van der Waals surface area contributed by atoms with Gasteiger partial charge in [-0.05, 0) is 12.8 Å². The van der Waals surface area contributed by atoms with Gasteiger partial charge in [-0.25, -0.2) is 0 Å². The van der Waals surface area contributed by atoms with Crippen molar-refractivity contribution in [2.24, 2.45) is 0 Å². The van der Waals surface area contributed by atoms with E-state index < -0.39 is 36.9 Å². The van der Waals surface area contributed by atoms with E-state index in [1.165, 1.54) is 238 Å². The molecule has 0 fully saturated rings. The Balaban J connectivity index is 3.56. The molecule has 354 valence electrons. The van der Waals surface area contributed by atoms with Gasteiger partial charge < -0.3 is 25.7 Å². The number of hydrogen-bond acceptors (Lipinski definition) is 5. The maximum Gasteiger partial charge on any atom is 0.249 e. The molecule has 0 radical (unpaired) electrons. The van der Waals surface area contributed by atoms with Gasteiger partial charge in [0.05, 0.1) is 18.8 Å². The van der Waals surface area contributed by atoms with Crippen molar-refractivity contribution in [1.82, 2.24) is 5.32 Å². The second-order valence-corrected chi connectivity index (χ2v) is 18.9. The van der Waals surface area contributed by atoms with Gasteiger partial charge >= 0.3 is 0 Å². The average molecular weight is 838 g/mol. The third kappa shape index (κ3) is 42.4. The highest BCUT2D eigenvalue weighted by Gasteiger charge is 2.28. The molecule has 0 aromatic heterocycles. The minimum absolute atomic E-state index is 0.376. The molecule has 0 saturated heterocycles. The molecule has 0 spiro atoms. The predicted octanol–water partition coefficient (Wildman–Crippen LogP) is 15.1. The summed E-state index contributed by atoms with van der Waals surface area (Å²) >= 11 is 0. The van der Waals surface area contributed by atoms with E-state index in [9.17, 15) is 25.2 Å². The van der Waals surface area contributed by atoms with Gasteiger partial charge in [-0.3, -0.25) is 4.79 Å². The van der Waals surface area contributed by atoms with Gasteiger partial charge in [-0.1, -0.05) is 290 Å². The molecule has 0 aliphatic heterocycles. The quantitative estimate of drug-likeness (QED) is 0.0392. The molecule has 4 unspecified atom stereocenters. The van der Waals surface area contributed by atoms with E-state index in [0.717, 1.165) is 38.5 Å². The number of aliphatic hydroxyl groups is 4. The van der Waals surface area contributed by atoms with Crippen LogP contribution in [0.15, 0.2) is 0 Å². The Morgan fingerprint density at radius 1 is 0.356 bits per heavy atom. The molecule has 0 aromatic rings. The molecule has 6 nitrogen and oxygen atoms in total. The minimum Gasteiger partial charge on any atom is -0.394 e. The lowest BCUT2D eigenvalue weighted by Crippen LogP contribution is -2.53. The van der Waals surface area contributed by atoms with Gasteiger partial charge in [0.25, 0.3) is 0 Å². The Labute approximate surface area is 369 Å². The summed E-state index contributed by atoms with van der Waals surface area (Å²) in [5, 5.41) is 43.9. The van der Waals surface area contributed by atoms with Crippen LogP contribution >= 0.6 is 0 Å². The van der Waals surface area contributed by atoms with Crippen LogP contribution in [0.1, 0.15) is 303 Å². The number of rotatable bonds is 50. The van der Waals surface area contributed by atoms with Crippen LogP contribution in [0.25, 0.3) is 0 Å². The maximum atomic E-state index is 12.5. The summed E-state index contributed by atoms with van der Waals surface area (Å²) < 4.78 is 0. The Morgan fingerprint density at radius 3 is 0.814 bits per heavy atom. The van der Waals surface area contributed by atoms with E-state index in [-0.39, 0.29) is 0 Å². The minimum atomic E-state index is -1.25. The van der Waals surface area contributed by atoms with Crippen LogP contribution in [0.3, 0.4) is 0 Å². The number of hydrogen-bond donors (Lipinski definition) is 5. The van der Waals surface area contributed by atoms with Crippen LogP contribution in [0.2, 0.25) is 0 Å². The van der Waals surface area contributed by atoms with Crippen molar-refractivity contribution in [3.63, 3.8) is 0 Å². The van der Waals surface area contributed by atoms with E-state index in [4.69, 9.17) is 0 Å². The van der Waals surface area contributed by atoms with Crippen LogP contribution in [0.4, 0.5) is 0 Å². The van der Waals surface area contributed by atoms with Gasteiger partial charge in [-0.15, -0.1) is 0 Å². The molecule has 4 atom stereocenters. The van der Waals surface area contributed by atoms with Crippen LogP contribution < -0.4 is 5.32 Å². The van der Waals surface area contributed by atoms with Gasteiger partial charge in [0.15, 0.2) is 0 Å². The number of nitrogens with one attached hydrogen (secondary N) is 1. The first-order valence-electron chi connectivity index (χ1n) is 26.9. The molecule has 6 heteroatoms. The van der Waals surface area contributed by atoms with Gasteiger partial charge in [0, 0.05) is 0 Å². The molecule has 5 N–H and O–H groups in total. The van der Waals surface area contributed by atoms with Crippen molar-refractivity contribution in [1.29, 1.82) is 0 Å². The topological polar surface area (TPSA) is 110 Å². The summed E-state index contributed by atoms with van der Waals surface area (Å²) in [6.07, 6.45) is 54.5. The maximum absolute atomic E-state index is 12.5. The van der Waals surface area contributed by atoms with Crippen molar-refractivity contribution >= 4 is 5.91 Å². The zero-order chi connectivity index (χ0) is 43.1. The fourth-order valence-electron chi connectivity index (χ4n) is 8.82. The van der Waals surface area contributed by atoms with Crippen LogP contribution in [0.5, 0.6) is 0 Å². The molecule has 1 amide bonds. The molecule has 0 rings (SSSR count). The summed E-state index contributed by atoms with van der Waals surface area (Å²) in [5.41, 5.74) is 0. The van der Waals surface area contributed by atoms with Crippen molar-refractivity contribution in [3.05, 3.63) is 0 Å². The smallest absolute Gasteiger partial charge is 0.249 e. The van der Waals surface area contributed by atoms with E-state index in [1.807, 2.05) is 0 Å². The number of amides is 1. The zero-order valence-corrected chi connectivity index (χ0v) is 40.0. The highest BCUT2D eigenvalue weighted by atomic mass is 16.3. The number of carbonyl (C=O) groups excluding carboxylic acids is 1. The van der Waals surface area contributed by atoms with E-state index >= 15 is 0 Å². The molecule has 0 bridgehead atoms. The third-order valence-electron chi connectivity index (χ3n) is 13.1. The second-order valence-electron chi connectivity index (χ2n) is 18.9. The summed E-state index contributed by atoms with van der Waals surface area (Å²) in [4.78, 5) is 12.5. The molecule has 0 aliphatic carbocycles. The van der Waals surface area contributed by atoms with Crippen LogP contribution in [0, 0.1) is 0 Å². The van der Waals surface area contributed by atoms with Gasteiger partial charge in [0.2, 0.25) is 5.91 Å². The average Bonchev–Trinajstić information content (AvgIpc) is 3.24. The fraction of sp³-hybridized carbons (Fsp3) is 0.981. The third-order valence-corrected chi connectivity index (χ3v) is 13.1. The lowest BCUT2D eigenvalue weighted by Gasteiger charge is -2.27. The number of aliphatic hydroxyl groups excluding tert-OH is 4. The van der Waals surface area contributed by atoms with Crippen molar-refractivity contribution in [3.8, 4) is 0 Å². The first-order chi connectivity index (χ1) is 29.0. The van der Waals surface area contributed by atoms with Gasteiger partial charge in [0.1, 0.15) is 12.2 Å². The zero-order valence-electron chi connectivity index (χ0n) is 40.0. The van der Waals surface area contributed by atoms with Crippen LogP contribution in [-0.2, 0) is 4.79 Å². The first-order valence-corrected chi connectivity index (χ1v) is 26.9. The van der Waals surface area contributed by atoms with E-state index in [0.29, 0.717) is 12.8 Å². The number of unbranched alkanes of at least 4 members (excludes halogenated alkanes) is 41. The lowest BCUT2D eigenvalue weighted by molar-refractivity contribution is -0.132. The molecular weight excluding hydrogens is 731 g/mol. The molecule has 0 aliphatic rings. The summed E-state index contributed by atoms with van der Waals surface area (Å²) in [5.74, 6) is -0.578.